The lowest BCUT2D eigenvalue weighted by Gasteiger charge is -2.34. The summed E-state index contributed by atoms with van der Waals surface area (Å²) >= 11 is 0. The molecule has 2 aliphatic rings. The quantitative estimate of drug-likeness (QED) is 0.649. The van der Waals surface area contributed by atoms with Gasteiger partial charge >= 0.3 is 0 Å². The molecule has 9 heteroatoms. The molecular formula is C25H31N3O5S. The predicted molar refractivity (Wildman–Crippen MR) is 130 cm³/mol. The van der Waals surface area contributed by atoms with E-state index in [1.165, 1.54) is 12.1 Å². The molecule has 0 spiro atoms. The Kier molecular flexibility index (Phi) is 7.35. The third-order valence-corrected chi connectivity index (χ3v) is 8.05. The molecule has 0 aromatic heterocycles. The molecule has 0 aliphatic carbocycles. The van der Waals surface area contributed by atoms with Crippen molar-refractivity contribution in [2.75, 3.05) is 30.3 Å². The highest BCUT2D eigenvalue weighted by Crippen LogP contribution is 2.27. The van der Waals surface area contributed by atoms with E-state index in [2.05, 4.69) is 24.5 Å². The van der Waals surface area contributed by atoms with E-state index in [1.807, 2.05) is 0 Å². The molecule has 0 radical (unpaired) electrons. The van der Waals surface area contributed by atoms with E-state index in [9.17, 15) is 18.0 Å². The summed E-state index contributed by atoms with van der Waals surface area (Å²) in [7, 11) is -3.58. The fraction of sp³-hybridized carbons (Fsp3) is 0.440. The van der Waals surface area contributed by atoms with E-state index in [0.29, 0.717) is 54.9 Å². The lowest BCUT2D eigenvalue weighted by molar-refractivity contribution is -0.124. The van der Waals surface area contributed by atoms with E-state index in [-0.39, 0.29) is 16.7 Å². The fourth-order valence-electron chi connectivity index (χ4n) is 4.61. The van der Waals surface area contributed by atoms with Crippen LogP contribution >= 0.6 is 0 Å². The zero-order chi connectivity index (χ0) is 24.3. The van der Waals surface area contributed by atoms with E-state index in [0.717, 1.165) is 12.8 Å². The molecule has 2 N–H and O–H groups in total. The number of carbonyl (C=O) groups is 2. The van der Waals surface area contributed by atoms with Gasteiger partial charge in [-0.15, -0.1) is 0 Å². The number of sulfonamides is 1. The van der Waals surface area contributed by atoms with Crippen LogP contribution in [-0.2, 0) is 19.6 Å². The summed E-state index contributed by atoms with van der Waals surface area (Å²) in [6, 6.07) is 12.9. The predicted octanol–water partition coefficient (Wildman–Crippen LogP) is 3.72. The first-order chi connectivity index (χ1) is 16.2. The second-order valence-corrected chi connectivity index (χ2v) is 11.3. The molecule has 182 valence electrons. The van der Waals surface area contributed by atoms with Crippen molar-refractivity contribution in [2.24, 2.45) is 11.8 Å². The van der Waals surface area contributed by atoms with Gasteiger partial charge in [0, 0.05) is 36.6 Å². The number of hydrogen-bond donors (Lipinski definition) is 2. The van der Waals surface area contributed by atoms with E-state index >= 15 is 0 Å². The first kappa shape index (κ1) is 24.4. The van der Waals surface area contributed by atoms with Crippen molar-refractivity contribution in [1.82, 2.24) is 4.31 Å². The molecule has 0 bridgehead atoms. The molecule has 2 heterocycles. The van der Waals surface area contributed by atoms with Gasteiger partial charge in [-0.2, -0.15) is 4.31 Å². The summed E-state index contributed by atoms with van der Waals surface area (Å²) in [5, 5.41) is 5.57. The van der Waals surface area contributed by atoms with Gasteiger partial charge in [0.1, 0.15) is 6.10 Å². The van der Waals surface area contributed by atoms with Crippen LogP contribution in [-0.4, -0.2) is 50.3 Å². The van der Waals surface area contributed by atoms with Gasteiger partial charge < -0.3 is 15.4 Å². The molecule has 2 aromatic rings. The maximum atomic E-state index is 13.0. The number of hydrogen-bond acceptors (Lipinski definition) is 5. The van der Waals surface area contributed by atoms with Crippen LogP contribution in [0.3, 0.4) is 0 Å². The van der Waals surface area contributed by atoms with Crippen molar-refractivity contribution in [3.8, 4) is 0 Å². The van der Waals surface area contributed by atoms with E-state index in [1.54, 1.807) is 40.7 Å². The zero-order valence-corrected chi connectivity index (χ0v) is 20.3. The largest absolute Gasteiger partial charge is 0.368 e. The van der Waals surface area contributed by atoms with Crippen LogP contribution in [0, 0.1) is 11.8 Å². The lowest BCUT2D eigenvalue weighted by atomic mass is 9.94. The van der Waals surface area contributed by atoms with Crippen molar-refractivity contribution >= 4 is 33.2 Å². The molecule has 0 saturated carbocycles. The molecule has 2 amide bonds. The van der Waals surface area contributed by atoms with Gasteiger partial charge in [-0.25, -0.2) is 8.42 Å². The summed E-state index contributed by atoms with van der Waals surface area (Å²) in [6.45, 7) is 5.76. The van der Waals surface area contributed by atoms with Crippen LogP contribution in [0.15, 0.2) is 53.4 Å². The van der Waals surface area contributed by atoms with Gasteiger partial charge in [-0.3, -0.25) is 9.59 Å². The third kappa shape index (κ3) is 5.65. The van der Waals surface area contributed by atoms with Crippen LogP contribution in [0.4, 0.5) is 11.4 Å². The number of amides is 2. The summed E-state index contributed by atoms with van der Waals surface area (Å²) in [5.74, 6) is 0.0681. The number of ether oxygens (including phenoxy) is 1. The van der Waals surface area contributed by atoms with Gasteiger partial charge in [0.25, 0.3) is 11.8 Å². The zero-order valence-electron chi connectivity index (χ0n) is 19.5. The minimum atomic E-state index is -3.58. The number of benzene rings is 2. The Morgan fingerprint density at radius 1 is 0.971 bits per heavy atom. The SMILES string of the molecule is CC1CC(C)CN(S(=O)(=O)c2ccc(NC(=O)c3cccc(NC(=O)C4CCCO4)c3)cc2)C1. The second kappa shape index (κ2) is 10.2. The molecule has 8 nitrogen and oxygen atoms in total. The highest BCUT2D eigenvalue weighted by molar-refractivity contribution is 7.89. The summed E-state index contributed by atoms with van der Waals surface area (Å²) in [5.41, 5.74) is 1.37. The van der Waals surface area contributed by atoms with Gasteiger partial charge in [0.2, 0.25) is 10.0 Å². The van der Waals surface area contributed by atoms with Gasteiger partial charge in [0.15, 0.2) is 0 Å². The topological polar surface area (TPSA) is 105 Å². The maximum absolute atomic E-state index is 13.0. The first-order valence-corrected chi connectivity index (χ1v) is 13.1. The minimum Gasteiger partial charge on any atom is -0.368 e. The average Bonchev–Trinajstić information content (AvgIpc) is 3.34. The van der Waals surface area contributed by atoms with E-state index < -0.39 is 16.1 Å². The van der Waals surface area contributed by atoms with Crippen LogP contribution in [0.1, 0.15) is 43.5 Å². The molecule has 2 fully saturated rings. The molecule has 2 aromatic carbocycles. The Morgan fingerprint density at radius 3 is 2.32 bits per heavy atom. The van der Waals surface area contributed by atoms with Crippen molar-refractivity contribution in [3.63, 3.8) is 0 Å². The molecule has 4 rings (SSSR count). The van der Waals surface area contributed by atoms with Crippen LogP contribution < -0.4 is 10.6 Å². The molecule has 3 unspecified atom stereocenters. The Hall–Kier alpha value is -2.75. The van der Waals surface area contributed by atoms with Crippen molar-refractivity contribution in [3.05, 3.63) is 54.1 Å². The highest BCUT2D eigenvalue weighted by atomic mass is 32.2. The lowest BCUT2D eigenvalue weighted by Crippen LogP contribution is -2.42. The van der Waals surface area contributed by atoms with Crippen LogP contribution in [0.25, 0.3) is 0 Å². The van der Waals surface area contributed by atoms with Crippen LogP contribution in [0.2, 0.25) is 0 Å². The average molecular weight is 486 g/mol. The van der Waals surface area contributed by atoms with Gasteiger partial charge in [0.05, 0.1) is 4.90 Å². The first-order valence-electron chi connectivity index (χ1n) is 11.7. The number of nitrogens with zero attached hydrogens (tertiary/aromatic N) is 1. The van der Waals surface area contributed by atoms with Gasteiger partial charge in [-0.1, -0.05) is 19.9 Å². The molecule has 2 aliphatic heterocycles. The number of nitrogens with one attached hydrogen (secondary N) is 2. The fourth-order valence-corrected chi connectivity index (χ4v) is 6.29. The summed E-state index contributed by atoms with van der Waals surface area (Å²) < 4.78 is 33.0. The van der Waals surface area contributed by atoms with Crippen LogP contribution in [0.5, 0.6) is 0 Å². The normalized spacial score (nSPS) is 23.4. The molecule has 2 saturated heterocycles. The van der Waals surface area contributed by atoms with Crippen molar-refractivity contribution in [2.45, 2.75) is 44.1 Å². The highest BCUT2D eigenvalue weighted by Gasteiger charge is 2.31. The number of anilines is 2. The second-order valence-electron chi connectivity index (χ2n) is 9.32. The summed E-state index contributed by atoms with van der Waals surface area (Å²) in [6.07, 6.45) is 2.12. The Morgan fingerprint density at radius 2 is 1.68 bits per heavy atom. The number of carbonyl (C=O) groups excluding carboxylic acids is 2. The smallest absolute Gasteiger partial charge is 0.255 e. The molecule has 34 heavy (non-hydrogen) atoms. The molecule has 3 atom stereocenters. The Bertz CT molecular complexity index is 1130. The monoisotopic (exact) mass is 485 g/mol. The minimum absolute atomic E-state index is 0.214. The Labute approximate surface area is 200 Å². The standard InChI is InChI=1S/C25H31N3O5S/c1-17-13-18(2)16-28(15-17)34(31,32)22-10-8-20(9-11-22)26-24(29)19-5-3-6-21(14-19)27-25(30)23-7-4-12-33-23/h3,5-6,8-11,14,17-18,23H,4,7,12-13,15-16H2,1-2H3,(H,26,29)(H,27,30). The summed E-state index contributed by atoms with van der Waals surface area (Å²) in [4.78, 5) is 25.2. The third-order valence-electron chi connectivity index (χ3n) is 6.20. The van der Waals surface area contributed by atoms with Gasteiger partial charge in [-0.05, 0) is 73.6 Å². The number of piperidine rings is 1. The van der Waals surface area contributed by atoms with Crippen molar-refractivity contribution in [1.29, 1.82) is 0 Å². The number of rotatable bonds is 6. The van der Waals surface area contributed by atoms with E-state index in [4.69, 9.17) is 4.74 Å². The molecular weight excluding hydrogens is 454 g/mol. The van der Waals surface area contributed by atoms with Crippen molar-refractivity contribution < 1.29 is 22.7 Å². The Balaban J connectivity index is 1.40. The maximum Gasteiger partial charge on any atom is 0.255 e.